The number of ether oxygens (including phenoxy) is 1. The molecule has 14 heteroatoms. The predicted molar refractivity (Wildman–Crippen MR) is 165 cm³/mol. The van der Waals surface area contributed by atoms with Gasteiger partial charge in [-0.3, -0.25) is 4.90 Å². The monoisotopic (exact) mass is 650 g/mol. The zero-order chi connectivity index (χ0) is 33.2. The number of nitrogens with zero attached hydrogens (tertiary/aromatic N) is 6. The minimum atomic E-state index is -4.60. The molecule has 1 N–H and O–H groups in total. The fourth-order valence-electron chi connectivity index (χ4n) is 6.05. The third kappa shape index (κ3) is 5.33. The molecule has 11 nitrogen and oxygen atoms in total. The van der Waals surface area contributed by atoms with Gasteiger partial charge >= 0.3 is 12.0 Å². The lowest BCUT2D eigenvalue weighted by molar-refractivity contribution is -0.0595. The second kappa shape index (κ2) is 11.0. The Balaban J connectivity index is 1.38. The van der Waals surface area contributed by atoms with Crippen molar-refractivity contribution in [3.8, 4) is 17.2 Å². The summed E-state index contributed by atoms with van der Waals surface area (Å²) in [4.78, 5) is 25.0. The lowest BCUT2D eigenvalue weighted by Gasteiger charge is -2.56. The standard InChI is InChI=1S/C32H32F2N6O5S/c1-19-5-8-24(9-6-19)46(43,44)40-26(32(33,34)18-41)12-25-28(21(13-35)15-37-29(25)40)20-7-10-27(36-14-20)38-16-22-11-23(17-38)39(22)30(42)45-31(2,3)4/h5-10,12,14-15,22-23,41H,11,16-18H2,1-4H3. The molecule has 3 aliphatic heterocycles. The summed E-state index contributed by atoms with van der Waals surface area (Å²) in [6.07, 6.45) is 3.14. The zero-order valence-electron chi connectivity index (χ0n) is 25.6. The average molecular weight is 651 g/mol. The highest BCUT2D eigenvalue weighted by Crippen LogP contribution is 2.40. The van der Waals surface area contributed by atoms with E-state index in [2.05, 4.69) is 9.97 Å². The van der Waals surface area contributed by atoms with Crippen molar-refractivity contribution in [1.29, 1.82) is 5.26 Å². The number of rotatable bonds is 6. The van der Waals surface area contributed by atoms with Crippen LogP contribution in [-0.4, -0.2) is 75.8 Å². The lowest BCUT2D eigenvalue weighted by atomic mass is 9.88. The van der Waals surface area contributed by atoms with Gasteiger partial charge in [-0.05, 0) is 64.4 Å². The molecular formula is C32H32F2N6O5S. The molecule has 3 aromatic heterocycles. The van der Waals surface area contributed by atoms with E-state index in [1.165, 1.54) is 18.3 Å². The smallest absolute Gasteiger partial charge is 0.410 e. The van der Waals surface area contributed by atoms with Gasteiger partial charge in [-0.2, -0.15) is 14.0 Å². The topological polar surface area (TPSA) is 142 Å². The fourth-order valence-corrected chi connectivity index (χ4v) is 7.55. The van der Waals surface area contributed by atoms with E-state index in [0.29, 0.717) is 28.4 Å². The Kier molecular flexibility index (Phi) is 7.52. The highest BCUT2D eigenvalue weighted by atomic mass is 32.2. The van der Waals surface area contributed by atoms with Crippen LogP contribution in [0.1, 0.15) is 44.0 Å². The first-order valence-electron chi connectivity index (χ1n) is 14.6. The number of benzene rings is 1. The van der Waals surface area contributed by atoms with Crippen molar-refractivity contribution in [2.75, 3.05) is 24.6 Å². The van der Waals surface area contributed by atoms with Crippen LogP contribution in [0.2, 0.25) is 0 Å². The zero-order valence-corrected chi connectivity index (χ0v) is 26.4. The number of nitriles is 1. The van der Waals surface area contributed by atoms with E-state index < -0.39 is 33.8 Å². The quantitative estimate of drug-likeness (QED) is 0.312. The van der Waals surface area contributed by atoms with E-state index >= 15 is 8.78 Å². The van der Waals surface area contributed by atoms with Gasteiger partial charge in [0.15, 0.2) is 5.65 Å². The molecule has 2 bridgehead atoms. The number of anilines is 1. The van der Waals surface area contributed by atoms with Crippen molar-refractivity contribution in [2.24, 2.45) is 0 Å². The number of amides is 1. The van der Waals surface area contributed by atoms with Gasteiger partial charge in [0.05, 0.1) is 22.5 Å². The summed E-state index contributed by atoms with van der Waals surface area (Å²) in [6.45, 7) is 6.67. The summed E-state index contributed by atoms with van der Waals surface area (Å²) in [7, 11) is -4.60. The van der Waals surface area contributed by atoms with Gasteiger partial charge in [0.25, 0.3) is 10.0 Å². The van der Waals surface area contributed by atoms with E-state index in [4.69, 9.17) is 4.74 Å². The number of alkyl halides is 2. The number of piperazine rings is 1. The predicted octanol–water partition coefficient (Wildman–Crippen LogP) is 4.80. The first-order chi connectivity index (χ1) is 21.6. The van der Waals surface area contributed by atoms with Crippen LogP contribution < -0.4 is 4.90 Å². The molecule has 7 rings (SSSR count). The molecule has 3 fully saturated rings. The number of aryl methyl sites for hydroxylation is 1. The number of aliphatic hydroxyl groups is 1. The average Bonchev–Trinajstić information content (AvgIpc) is 3.41. The molecule has 0 aliphatic carbocycles. The molecule has 4 aromatic rings. The van der Waals surface area contributed by atoms with Crippen LogP contribution in [0.4, 0.5) is 19.4 Å². The minimum Gasteiger partial charge on any atom is -0.444 e. The van der Waals surface area contributed by atoms with Gasteiger partial charge in [0, 0.05) is 42.0 Å². The molecule has 2 atom stereocenters. The molecular weight excluding hydrogens is 618 g/mol. The van der Waals surface area contributed by atoms with Crippen molar-refractivity contribution in [3.05, 3.63) is 71.7 Å². The van der Waals surface area contributed by atoms with Crippen LogP contribution in [0.5, 0.6) is 0 Å². The number of aliphatic hydroxyl groups excluding tert-OH is 1. The molecule has 0 spiro atoms. The number of carbonyl (C=O) groups excluding carboxylic acids is 1. The number of aromatic nitrogens is 3. The number of halogens is 2. The SMILES string of the molecule is Cc1ccc(S(=O)(=O)n2c(C(F)(F)CO)cc3c(-c4ccc(N5CC6CC(C5)N6C(=O)OC(C)(C)C)nc4)c(C#N)cnc32)cc1. The summed E-state index contributed by atoms with van der Waals surface area (Å²) < 4.78 is 63.9. The molecule has 1 amide bonds. The maximum absolute atomic E-state index is 15.2. The Morgan fingerprint density at radius 2 is 1.76 bits per heavy atom. The van der Waals surface area contributed by atoms with Crippen molar-refractivity contribution < 1.29 is 31.8 Å². The van der Waals surface area contributed by atoms with Crippen molar-refractivity contribution >= 4 is 33.0 Å². The number of piperidine rings is 1. The number of hydrogen-bond acceptors (Lipinski definition) is 9. The third-order valence-corrected chi connectivity index (χ3v) is 9.92. The van der Waals surface area contributed by atoms with Crippen LogP contribution in [-0.2, 0) is 20.7 Å². The van der Waals surface area contributed by atoms with Crippen molar-refractivity contribution in [1.82, 2.24) is 18.8 Å². The summed E-state index contributed by atoms with van der Waals surface area (Å²) in [5.74, 6) is -3.33. The van der Waals surface area contributed by atoms with Gasteiger partial charge < -0.3 is 14.7 Å². The summed E-state index contributed by atoms with van der Waals surface area (Å²) in [5, 5.41) is 19.5. The van der Waals surface area contributed by atoms with Gasteiger partial charge in [-0.25, -0.2) is 27.2 Å². The molecule has 46 heavy (non-hydrogen) atoms. The molecule has 2 unspecified atom stereocenters. The van der Waals surface area contributed by atoms with Gasteiger partial charge in [0.2, 0.25) is 0 Å². The summed E-state index contributed by atoms with van der Waals surface area (Å²) in [6, 6.07) is 12.0. The van der Waals surface area contributed by atoms with E-state index in [1.54, 1.807) is 36.1 Å². The Morgan fingerprint density at radius 1 is 1.09 bits per heavy atom. The maximum atomic E-state index is 15.2. The van der Waals surface area contributed by atoms with E-state index in [9.17, 15) is 23.6 Å². The Labute approximate surface area is 264 Å². The van der Waals surface area contributed by atoms with Crippen LogP contribution in [0.3, 0.4) is 0 Å². The van der Waals surface area contributed by atoms with Crippen LogP contribution >= 0.6 is 0 Å². The molecule has 3 saturated heterocycles. The third-order valence-electron chi connectivity index (χ3n) is 8.20. The lowest BCUT2D eigenvalue weighted by Crippen LogP contribution is -2.70. The molecule has 0 radical (unpaired) electrons. The Bertz CT molecular complexity index is 1970. The first-order valence-corrected chi connectivity index (χ1v) is 16.1. The Hall–Kier alpha value is -4.61. The minimum absolute atomic E-state index is 0.0142. The molecule has 3 aliphatic rings. The normalized spacial score (nSPS) is 18.3. The van der Waals surface area contributed by atoms with Gasteiger partial charge in [-0.15, -0.1) is 0 Å². The second-order valence-corrected chi connectivity index (χ2v) is 14.4. The second-order valence-electron chi connectivity index (χ2n) is 12.6. The molecule has 6 heterocycles. The van der Waals surface area contributed by atoms with Crippen molar-refractivity contribution in [2.45, 2.75) is 62.6 Å². The number of hydrogen-bond donors (Lipinski definition) is 1. The van der Waals surface area contributed by atoms with E-state index in [-0.39, 0.29) is 45.2 Å². The molecule has 240 valence electrons. The number of fused-ring (bicyclic) bond motifs is 3. The first kappa shape index (κ1) is 31.4. The van der Waals surface area contributed by atoms with Crippen LogP contribution in [0, 0.1) is 18.3 Å². The maximum Gasteiger partial charge on any atom is 0.410 e. The highest BCUT2D eigenvalue weighted by Gasteiger charge is 2.49. The summed E-state index contributed by atoms with van der Waals surface area (Å²) in [5.41, 5.74) is -0.543. The Morgan fingerprint density at radius 3 is 2.33 bits per heavy atom. The van der Waals surface area contributed by atoms with Crippen LogP contribution in [0.15, 0.2) is 59.8 Å². The molecule has 1 aromatic carbocycles. The van der Waals surface area contributed by atoms with E-state index in [0.717, 1.165) is 24.2 Å². The largest absolute Gasteiger partial charge is 0.444 e. The van der Waals surface area contributed by atoms with Crippen molar-refractivity contribution in [3.63, 3.8) is 0 Å². The number of pyridine rings is 2. The molecule has 0 saturated carbocycles. The highest BCUT2D eigenvalue weighted by molar-refractivity contribution is 7.90. The van der Waals surface area contributed by atoms with Crippen LogP contribution in [0.25, 0.3) is 22.2 Å². The van der Waals surface area contributed by atoms with E-state index in [1.807, 2.05) is 31.7 Å². The number of carbonyl (C=O) groups is 1. The van der Waals surface area contributed by atoms with Gasteiger partial charge in [-0.1, -0.05) is 17.7 Å². The fraction of sp³-hybridized carbons (Fsp3) is 0.375. The van der Waals surface area contributed by atoms with Gasteiger partial charge in [0.1, 0.15) is 29.8 Å². The summed E-state index contributed by atoms with van der Waals surface area (Å²) >= 11 is 0.